The molecule has 0 aromatic heterocycles. The molecule has 0 radical (unpaired) electrons. The van der Waals surface area contributed by atoms with Crippen LogP contribution in [-0.4, -0.2) is 36.1 Å². The van der Waals surface area contributed by atoms with Gasteiger partial charge in [0, 0.05) is 12.1 Å². The number of nitrogens with two attached hydrogens (primary N) is 2. The van der Waals surface area contributed by atoms with Gasteiger partial charge in [0.2, 0.25) is 0 Å². The Kier molecular flexibility index (Phi) is 9.44. The molecule has 0 rings (SSSR count). The third-order valence-corrected chi connectivity index (χ3v) is 3.00. The van der Waals surface area contributed by atoms with Gasteiger partial charge >= 0.3 is 12.4 Å². The standard InChI is InChI=1S/C6H12F3N.C5H10F3NO/c1-3-5(10)4(2)6(7,8)9;1-3(4(9)2-10)5(6,7)8/h4-5H,3,10H2,1-2H3;3-4,10H,2,9H2,1H3/t4-,5-;3-,4-/m01/s1. The third kappa shape index (κ3) is 8.60. The van der Waals surface area contributed by atoms with Crippen LogP contribution >= 0.6 is 0 Å². The summed E-state index contributed by atoms with van der Waals surface area (Å²) in [5.41, 5.74) is 10.1. The maximum Gasteiger partial charge on any atom is 0.393 e. The lowest BCUT2D eigenvalue weighted by Crippen LogP contribution is -2.40. The summed E-state index contributed by atoms with van der Waals surface area (Å²) in [5.74, 6) is -3.03. The predicted molar refractivity (Wildman–Crippen MR) is 63.8 cm³/mol. The maximum atomic E-state index is 11.8. The van der Waals surface area contributed by atoms with Crippen molar-refractivity contribution >= 4 is 0 Å². The monoisotopic (exact) mass is 312 g/mol. The lowest BCUT2D eigenvalue weighted by molar-refractivity contribution is -0.177. The van der Waals surface area contributed by atoms with Gasteiger partial charge in [-0.1, -0.05) is 20.8 Å². The smallest absolute Gasteiger partial charge is 0.393 e. The van der Waals surface area contributed by atoms with E-state index in [0.29, 0.717) is 6.42 Å². The molecule has 0 aliphatic rings. The Morgan fingerprint density at radius 1 is 0.850 bits per heavy atom. The zero-order valence-electron chi connectivity index (χ0n) is 11.6. The van der Waals surface area contributed by atoms with Crippen molar-refractivity contribution in [1.82, 2.24) is 0 Å². The third-order valence-electron chi connectivity index (χ3n) is 3.00. The van der Waals surface area contributed by atoms with E-state index in [1.807, 2.05) is 0 Å². The fraction of sp³-hybridized carbons (Fsp3) is 1.00. The van der Waals surface area contributed by atoms with Crippen LogP contribution in [0.4, 0.5) is 26.3 Å². The quantitative estimate of drug-likeness (QED) is 0.698. The van der Waals surface area contributed by atoms with Crippen molar-refractivity contribution < 1.29 is 31.4 Å². The zero-order valence-corrected chi connectivity index (χ0v) is 11.6. The molecule has 0 heterocycles. The molecular formula is C11H22F6N2O. The van der Waals surface area contributed by atoms with E-state index in [9.17, 15) is 26.3 Å². The van der Waals surface area contributed by atoms with Crippen molar-refractivity contribution in [1.29, 1.82) is 0 Å². The van der Waals surface area contributed by atoms with Crippen molar-refractivity contribution in [2.45, 2.75) is 51.6 Å². The summed E-state index contributed by atoms with van der Waals surface area (Å²) in [6, 6.07) is -1.97. The van der Waals surface area contributed by atoms with E-state index in [4.69, 9.17) is 16.6 Å². The Labute approximate surface area is 114 Å². The fourth-order valence-corrected chi connectivity index (χ4v) is 0.997. The number of alkyl halides is 6. The first-order chi connectivity index (χ1) is 8.78. The van der Waals surface area contributed by atoms with Crippen molar-refractivity contribution in [2.24, 2.45) is 23.3 Å². The lowest BCUT2D eigenvalue weighted by atomic mass is 10.0. The summed E-state index contributed by atoms with van der Waals surface area (Å²) in [6.07, 6.45) is -8.09. The first-order valence-corrected chi connectivity index (χ1v) is 6.04. The molecular weight excluding hydrogens is 290 g/mol. The molecule has 4 atom stereocenters. The van der Waals surface area contributed by atoms with Crippen LogP contribution in [0.3, 0.4) is 0 Å². The summed E-state index contributed by atoms with van der Waals surface area (Å²) in [5, 5.41) is 8.24. The topological polar surface area (TPSA) is 72.3 Å². The molecule has 0 bridgehead atoms. The van der Waals surface area contributed by atoms with Crippen LogP contribution < -0.4 is 11.5 Å². The summed E-state index contributed by atoms with van der Waals surface area (Å²) in [7, 11) is 0. The Hall–Kier alpha value is -0.540. The molecule has 0 aliphatic heterocycles. The molecule has 9 heteroatoms. The minimum atomic E-state index is -4.30. The Balaban J connectivity index is 0. The van der Waals surface area contributed by atoms with Crippen LogP contribution in [-0.2, 0) is 0 Å². The summed E-state index contributed by atoms with van der Waals surface area (Å²) >= 11 is 0. The number of aliphatic hydroxyl groups is 1. The second-order valence-electron chi connectivity index (χ2n) is 4.58. The Morgan fingerprint density at radius 3 is 1.25 bits per heavy atom. The van der Waals surface area contributed by atoms with Gasteiger partial charge in [-0.3, -0.25) is 0 Å². The molecule has 3 nitrogen and oxygen atoms in total. The SMILES string of the molecule is CC[C@H](N)[C@H](C)C(F)(F)F.C[C@H]([C@H](N)CO)C(F)(F)F. The highest BCUT2D eigenvalue weighted by Crippen LogP contribution is 2.28. The van der Waals surface area contributed by atoms with E-state index < -0.39 is 42.9 Å². The highest BCUT2D eigenvalue weighted by molar-refractivity contribution is 4.74. The Bertz CT molecular complexity index is 230. The van der Waals surface area contributed by atoms with Gasteiger partial charge in [-0.05, 0) is 6.42 Å². The van der Waals surface area contributed by atoms with E-state index in [2.05, 4.69) is 0 Å². The molecule has 5 N–H and O–H groups in total. The van der Waals surface area contributed by atoms with Gasteiger partial charge in [-0.25, -0.2) is 0 Å². The number of hydrogen-bond donors (Lipinski definition) is 3. The molecule has 124 valence electrons. The predicted octanol–water partition coefficient (Wildman–Crippen LogP) is 2.43. The van der Waals surface area contributed by atoms with Crippen LogP contribution in [0.2, 0.25) is 0 Å². The molecule has 0 amide bonds. The second kappa shape index (κ2) is 8.68. The summed E-state index contributed by atoms with van der Waals surface area (Å²) in [4.78, 5) is 0. The number of rotatable bonds is 4. The van der Waals surface area contributed by atoms with Gasteiger partial charge in [-0.15, -0.1) is 0 Å². The number of halogens is 6. The molecule has 0 saturated carbocycles. The van der Waals surface area contributed by atoms with Crippen LogP contribution in [0, 0.1) is 11.8 Å². The average molecular weight is 312 g/mol. The minimum absolute atomic E-state index is 0.362. The highest BCUT2D eigenvalue weighted by atomic mass is 19.4. The molecule has 0 fully saturated rings. The van der Waals surface area contributed by atoms with Crippen LogP contribution in [0.1, 0.15) is 27.2 Å². The molecule has 0 saturated heterocycles. The van der Waals surface area contributed by atoms with Gasteiger partial charge in [0.15, 0.2) is 0 Å². The zero-order chi connectivity index (χ0) is 16.7. The summed E-state index contributed by atoms with van der Waals surface area (Å²) < 4.78 is 70.5. The second-order valence-corrected chi connectivity index (χ2v) is 4.58. The normalized spacial score (nSPS) is 18.6. The maximum absolute atomic E-state index is 11.8. The van der Waals surface area contributed by atoms with Gasteiger partial charge in [0.05, 0.1) is 18.4 Å². The fourth-order valence-electron chi connectivity index (χ4n) is 0.997. The lowest BCUT2D eigenvalue weighted by Gasteiger charge is -2.20. The van der Waals surface area contributed by atoms with Crippen molar-refractivity contribution in [3.8, 4) is 0 Å². The van der Waals surface area contributed by atoms with Gasteiger partial charge in [0.25, 0.3) is 0 Å². The van der Waals surface area contributed by atoms with Crippen molar-refractivity contribution in [2.75, 3.05) is 6.61 Å². The molecule has 0 spiro atoms. The van der Waals surface area contributed by atoms with Gasteiger partial charge in [0.1, 0.15) is 0 Å². The van der Waals surface area contributed by atoms with Gasteiger partial charge in [-0.2, -0.15) is 26.3 Å². The molecule has 0 aromatic rings. The summed E-state index contributed by atoms with van der Waals surface area (Å²) in [6.45, 7) is 3.06. The van der Waals surface area contributed by atoms with E-state index in [-0.39, 0.29) is 0 Å². The van der Waals surface area contributed by atoms with Crippen molar-refractivity contribution in [3.05, 3.63) is 0 Å². The first-order valence-electron chi connectivity index (χ1n) is 6.04. The van der Waals surface area contributed by atoms with Crippen LogP contribution in [0.15, 0.2) is 0 Å². The largest absolute Gasteiger partial charge is 0.395 e. The minimum Gasteiger partial charge on any atom is -0.395 e. The van der Waals surface area contributed by atoms with Crippen LogP contribution in [0.5, 0.6) is 0 Å². The van der Waals surface area contributed by atoms with E-state index in [1.54, 1.807) is 6.92 Å². The van der Waals surface area contributed by atoms with E-state index in [1.165, 1.54) is 0 Å². The van der Waals surface area contributed by atoms with Gasteiger partial charge < -0.3 is 16.6 Å². The first kappa shape index (κ1) is 21.8. The van der Waals surface area contributed by atoms with Crippen molar-refractivity contribution in [3.63, 3.8) is 0 Å². The highest BCUT2D eigenvalue weighted by Gasteiger charge is 2.39. The van der Waals surface area contributed by atoms with E-state index >= 15 is 0 Å². The van der Waals surface area contributed by atoms with E-state index in [0.717, 1.165) is 13.8 Å². The van der Waals surface area contributed by atoms with Crippen LogP contribution in [0.25, 0.3) is 0 Å². The number of aliphatic hydroxyl groups excluding tert-OH is 1. The average Bonchev–Trinajstić information content (AvgIpc) is 2.33. The number of hydrogen-bond acceptors (Lipinski definition) is 3. The molecule has 0 aromatic carbocycles. The molecule has 0 aliphatic carbocycles. The molecule has 20 heavy (non-hydrogen) atoms. The Morgan fingerprint density at radius 2 is 1.15 bits per heavy atom. The molecule has 0 unspecified atom stereocenters.